The van der Waals surface area contributed by atoms with Gasteiger partial charge in [-0.2, -0.15) is 0 Å². The van der Waals surface area contributed by atoms with Gasteiger partial charge in [-0.3, -0.25) is 0 Å². The van der Waals surface area contributed by atoms with Crippen LogP contribution in [-0.4, -0.2) is 32.1 Å². The van der Waals surface area contributed by atoms with Gasteiger partial charge in [0.05, 0.1) is 17.6 Å². The number of sulfonamides is 1. The predicted molar refractivity (Wildman–Crippen MR) is 118 cm³/mol. The van der Waals surface area contributed by atoms with Gasteiger partial charge in [-0.25, -0.2) is 17.9 Å². The fourth-order valence-electron chi connectivity index (χ4n) is 3.96. The highest BCUT2D eigenvalue weighted by atomic mass is 32.2. The standard InChI is InChI=1S/C23H28N2O4S/c1-6-20(24-30(27,28)22-16(3)11-15(2)12-17(22)4)14-25-10-9-18-13-19(23(26)29-5)7-8-21(18)25/h7-13,20,24H,6,14H2,1-5H3/t20-/m1/s1. The second-order valence-electron chi connectivity index (χ2n) is 7.69. The van der Waals surface area contributed by atoms with Crippen molar-refractivity contribution < 1.29 is 17.9 Å². The highest BCUT2D eigenvalue weighted by Gasteiger charge is 2.23. The van der Waals surface area contributed by atoms with Crippen molar-refractivity contribution >= 4 is 26.9 Å². The van der Waals surface area contributed by atoms with Gasteiger partial charge in [-0.15, -0.1) is 0 Å². The maximum atomic E-state index is 13.1. The van der Waals surface area contributed by atoms with Gasteiger partial charge in [0.1, 0.15) is 0 Å². The van der Waals surface area contributed by atoms with E-state index in [0.717, 1.165) is 27.6 Å². The molecule has 0 radical (unpaired) electrons. The third-order valence-corrected chi connectivity index (χ3v) is 7.12. The lowest BCUT2D eigenvalue weighted by atomic mass is 10.1. The van der Waals surface area contributed by atoms with Crippen LogP contribution >= 0.6 is 0 Å². The molecule has 0 unspecified atom stereocenters. The third kappa shape index (κ3) is 4.42. The molecule has 0 aliphatic rings. The monoisotopic (exact) mass is 428 g/mol. The van der Waals surface area contributed by atoms with E-state index in [9.17, 15) is 13.2 Å². The largest absolute Gasteiger partial charge is 0.465 e. The number of fused-ring (bicyclic) bond motifs is 1. The van der Waals surface area contributed by atoms with Crippen LogP contribution in [0.25, 0.3) is 10.9 Å². The molecule has 1 aromatic heterocycles. The summed E-state index contributed by atoms with van der Waals surface area (Å²) in [6.45, 7) is 8.06. The number of aromatic nitrogens is 1. The summed E-state index contributed by atoms with van der Waals surface area (Å²) >= 11 is 0. The van der Waals surface area contributed by atoms with E-state index in [2.05, 4.69) is 4.72 Å². The first-order chi connectivity index (χ1) is 14.2. The van der Waals surface area contributed by atoms with Crippen LogP contribution in [0.5, 0.6) is 0 Å². The molecule has 1 atom stereocenters. The van der Waals surface area contributed by atoms with Crippen LogP contribution in [0.15, 0.2) is 47.5 Å². The molecule has 0 aliphatic heterocycles. The van der Waals surface area contributed by atoms with Crippen molar-refractivity contribution in [1.29, 1.82) is 0 Å². The van der Waals surface area contributed by atoms with Crippen molar-refractivity contribution in [2.24, 2.45) is 0 Å². The summed E-state index contributed by atoms with van der Waals surface area (Å²) < 4.78 is 35.9. The number of methoxy groups -OCH3 is 1. The normalized spacial score (nSPS) is 12.8. The van der Waals surface area contributed by atoms with E-state index in [-0.39, 0.29) is 12.0 Å². The van der Waals surface area contributed by atoms with Crippen molar-refractivity contribution in [2.75, 3.05) is 7.11 Å². The van der Waals surface area contributed by atoms with Gasteiger partial charge in [-0.05, 0) is 62.6 Å². The minimum Gasteiger partial charge on any atom is -0.465 e. The highest BCUT2D eigenvalue weighted by molar-refractivity contribution is 7.89. The zero-order chi connectivity index (χ0) is 22.1. The Labute approximate surface area is 177 Å². The van der Waals surface area contributed by atoms with Gasteiger partial charge in [0.25, 0.3) is 0 Å². The molecule has 1 N–H and O–H groups in total. The zero-order valence-electron chi connectivity index (χ0n) is 18.0. The van der Waals surface area contributed by atoms with E-state index >= 15 is 0 Å². The predicted octanol–water partition coefficient (Wildman–Crippen LogP) is 4.11. The van der Waals surface area contributed by atoms with Crippen molar-refractivity contribution in [2.45, 2.75) is 51.6 Å². The topological polar surface area (TPSA) is 77.4 Å². The van der Waals surface area contributed by atoms with E-state index in [1.54, 1.807) is 12.1 Å². The zero-order valence-corrected chi connectivity index (χ0v) is 18.8. The molecule has 3 aromatic rings. The molecule has 0 saturated heterocycles. The lowest BCUT2D eigenvalue weighted by molar-refractivity contribution is 0.0601. The molecule has 0 amide bonds. The van der Waals surface area contributed by atoms with Crippen LogP contribution in [0.3, 0.4) is 0 Å². The summed E-state index contributed by atoms with van der Waals surface area (Å²) in [6.07, 6.45) is 2.55. The van der Waals surface area contributed by atoms with E-state index < -0.39 is 10.0 Å². The summed E-state index contributed by atoms with van der Waals surface area (Å²) in [5.74, 6) is -0.382. The molecule has 1 heterocycles. The molecule has 160 valence electrons. The average molecular weight is 429 g/mol. The van der Waals surface area contributed by atoms with Crippen LogP contribution in [-0.2, 0) is 21.3 Å². The number of rotatable bonds is 7. The number of hydrogen-bond donors (Lipinski definition) is 1. The summed E-state index contributed by atoms with van der Waals surface area (Å²) in [4.78, 5) is 12.1. The van der Waals surface area contributed by atoms with E-state index in [4.69, 9.17) is 4.74 Å². The lowest BCUT2D eigenvalue weighted by Crippen LogP contribution is -2.38. The number of hydrogen-bond acceptors (Lipinski definition) is 4. The SMILES string of the molecule is CC[C@H](Cn1ccc2cc(C(=O)OC)ccc21)NS(=O)(=O)c1c(C)cc(C)cc1C. The Bertz CT molecular complexity index is 1170. The molecule has 3 rings (SSSR count). The number of nitrogens with one attached hydrogen (secondary N) is 1. The van der Waals surface area contributed by atoms with E-state index in [1.807, 2.05) is 62.7 Å². The highest BCUT2D eigenvalue weighted by Crippen LogP contribution is 2.23. The van der Waals surface area contributed by atoms with Crippen molar-refractivity contribution in [3.05, 3.63) is 64.8 Å². The Kier molecular flexibility index (Phi) is 6.33. The molecular formula is C23H28N2O4S. The number of ether oxygens (including phenoxy) is 1. The Morgan fingerprint density at radius 2 is 1.77 bits per heavy atom. The minimum absolute atomic E-state index is 0.272. The molecule has 0 saturated carbocycles. The molecule has 2 aromatic carbocycles. The number of benzene rings is 2. The smallest absolute Gasteiger partial charge is 0.337 e. The van der Waals surface area contributed by atoms with Crippen molar-refractivity contribution in [3.8, 4) is 0 Å². The molecule has 0 fully saturated rings. The first-order valence-electron chi connectivity index (χ1n) is 9.93. The molecular weight excluding hydrogens is 400 g/mol. The molecule has 0 spiro atoms. The molecule has 0 bridgehead atoms. The Morgan fingerprint density at radius 3 is 2.37 bits per heavy atom. The first-order valence-corrected chi connectivity index (χ1v) is 11.4. The number of nitrogens with zero attached hydrogens (tertiary/aromatic N) is 1. The van der Waals surface area contributed by atoms with Gasteiger partial charge in [0.2, 0.25) is 10.0 Å². The van der Waals surface area contributed by atoms with E-state index in [1.165, 1.54) is 7.11 Å². The number of esters is 1. The lowest BCUT2D eigenvalue weighted by Gasteiger charge is -2.20. The van der Waals surface area contributed by atoms with Gasteiger partial charge < -0.3 is 9.30 Å². The summed E-state index contributed by atoms with van der Waals surface area (Å²) in [5.41, 5.74) is 3.96. The van der Waals surface area contributed by atoms with Crippen molar-refractivity contribution in [1.82, 2.24) is 9.29 Å². The Hall–Kier alpha value is -2.64. The van der Waals surface area contributed by atoms with Gasteiger partial charge in [0.15, 0.2) is 0 Å². The van der Waals surface area contributed by atoms with Crippen LogP contribution in [0.2, 0.25) is 0 Å². The second kappa shape index (κ2) is 8.62. The van der Waals surface area contributed by atoms with Crippen LogP contribution in [0.4, 0.5) is 0 Å². The van der Waals surface area contributed by atoms with Crippen LogP contribution in [0, 0.1) is 20.8 Å². The summed E-state index contributed by atoms with van der Waals surface area (Å²) in [7, 11) is -2.30. The fraction of sp³-hybridized carbons (Fsp3) is 0.348. The van der Waals surface area contributed by atoms with E-state index in [0.29, 0.717) is 23.4 Å². The summed E-state index contributed by atoms with van der Waals surface area (Å²) in [5, 5.41) is 0.904. The van der Waals surface area contributed by atoms with Crippen molar-refractivity contribution in [3.63, 3.8) is 0 Å². The molecule has 0 aliphatic carbocycles. The molecule has 6 nitrogen and oxygen atoms in total. The second-order valence-corrected chi connectivity index (χ2v) is 9.34. The average Bonchev–Trinajstić information content (AvgIpc) is 3.07. The number of carbonyl (C=O) groups is 1. The van der Waals surface area contributed by atoms with Crippen LogP contribution in [0.1, 0.15) is 40.4 Å². The van der Waals surface area contributed by atoms with Crippen LogP contribution < -0.4 is 4.72 Å². The van der Waals surface area contributed by atoms with Gasteiger partial charge >= 0.3 is 5.97 Å². The number of carbonyl (C=O) groups excluding carboxylic acids is 1. The Morgan fingerprint density at radius 1 is 1.10 bits per heavy atom. The summed E-state index contributed by atoms with van der Waals surface area (Å²) in [6, 6.07) is 10.8. The maximum absolute atomic E-state index is 13.1. The minimum atomic E-state index is -3.65. The van der Waals surface area contributed by atoms with Gasteiger partial charge in [0, 0.05) is 29.7 Å². The Balaban J connectivity index is 1.86. The third-order valence-electron chi connectivity index (χ3n) is 5.30. The first kappa shape index (κ1) is 22.1. The molecule has 30 heavy (non-hydrogen) atoms. The molecule has 7 heteroatoms. The number of aryl methyl sites for hydroxylation is 3. The fourth-order valence-corrected chi connectivity index (χ4v) is 5.72. The quantitative estimate of drug-likeness (QED) is 0.575. The van der Waals surface area contributed by atoms with Gasteiger partial charge in [-0.1, -0.05) is 24.6 Å². The maximum Gasteiger partial charge on any atom is 0.337 e.